The smallest absolute Gasteiger partial charge is 0.0802 e. The Bertz CT molecular complexity index is 466. The maximum Gasteiger partial charge on any atom is 0.0802 e. The lowest BCUT2D eigenvalue weighted by Gasteiger charge is -2.14. The summed E-state index contributed by atoms with van der Waals surface area (Å²) in [6.45, 7) is 1.94. The van der Waals surface area contributed by atoms with Crippen molar-refractivity contribution < 1.29 is 0 Å². The molecule has 0 spiro atoms. The van der Waals surface area contributed by atoms with Crippen LogP contribution in [-0.4, -0.2) is 17.0 Å². The molecule has 2 heterocycles. The van der Waals surface area contributed by atoms with E-state index in [2.05, 4.69) is 42.0 Å². The molecule has 1 atom stereocenters. The Labute approximate surface area is 107 Å². The molecule has 2 aromatic rings. The number of nitrogens with zero attached hydrogens (tertiary/aromatic N) is 2. The zero-order chi connectivity index (χ0) is 11.5. The van der Waals surface area contributed by atoms with Crippen molar-refractivity contribution in [3.8, 4) is 0 Å². The molecule has 16 heavy (non-hydrogen) atoms. The highest BCUT2D eigenvalue weighted by Crippen LogP contribution is 2.30. The summed E-state index contributed by atoms with van der Waals surface area (Å²) in [4.78, 5) is 8.68. The summed E-state index contributed by atoms with van der Waals surface area (Å²) in [5, 5.41) is 7.44. The SMILES string of the molecule is CNC(c1cnc(C)cn1)c1cscc1Br. The predicted molar refractivity (Wildman–Crippen MR) is 69.7 cm³/mol. The van der Waals surface area contributed by atoms with Gasteiger partial charge in [0.2, 0.25) is 0 Å². The lowest BCUT2D eigenvalue weighted by atomic mass is 10.1. The van der Waals surface area contributed by atoms with Gasteiger partial charge >= 0.3 is 0 Å². The maximum absolute atomic E-state index is 4.41. The van der Waals surface area contributed by atoms with E-state index in [9.17, 15) is 0 Å². The summed E-state index contributed by atoms with van der Waals surface area (Å²) in [6.07, 6.45) is 3.61. The van der Waals surface area contributed by atoms with Gasteiger partial charge in [-0.05, 0) is 35.3 Å². The second kappa shape index (κ2) is 5.03. The summed E-state index contributed by atoms with van der Waals surface area (Å²) in [7, 11) is 1.93. The number of rotatable bonds is 3. The molecule has 84 valence electrons. The van der Waals surface area contributed by atoms with Crippen LogP contribution < -0.4 is 5.32 Å². The molecule has 0 aromatic carbocycles. The van der Waals surface area contributed by atoms with Crippen molar-refractivity contribution in [2.75, 3.05) is 7.05 Å². The van der Waals surface area contributed by atoms with Crippen molar-refractivity contribution >= 4 is 27.3 Å². The number of hydrogen-bond acceptors (Lipinski definition) is 4. The standard InChI is InChI=1S/C11H12BrN3S/c1-7-3-15-10(4-14-7)11(13-2)8-5-16-6-9(8)12/h3-6,11,13H,1-2H3. The molecule has 0 aliphatic heterocycles. The van der Waals surface area contributed by atoms with Crippen LogP contribution in [-0.2, 0) is 0 Å². The quantitative estimate of drug-likeness (QED) is 0.947. The van der Waals surface area contributed by atoms with Gasteiger partial charge in [-0.1, -0.05) is 0 Å². The van der Waals surface area contributed by atoms with Crippen LogP contribution in [0.1, 0.15) is 23.0 Å². The first-order valence-corrected chi connectivity index (χ1v) is 6.63. The molecular weight excluding hydrogens is 286 g/mol. The van der Waals surface area contributed by atoms with Gasteiger partial charge in [-0.25, -0.2) is 0 Å². The molecule has 1 unspecified atom stereocenters. The van der Waals surface area contributed by atoms with Crippen LogP contribution in [0.15, 0.2) is 27.6 Å². The van der Waals surface area contributed by atoms with Crippen LogP contribution in [0.25, 0.3) is 0 Å². The monoisotopic (exact) mass is 297 g/mol. The number of aromatic nitrogens is 2. The molecule has 0 amide bonds. The Morgan fingerprint density at radius 3 is 2.62 bits per heavy atom. The molecule has 0 aliphatic carbocycles. The van der Waals surface area contributed by atoms with E-state index in [1.165, 1.54) is 5.56 Å². The molecule has 1 N–H and O–H groups in total. The van der Waals surface area contributed by atoms with Crippen molar-refractivity contribution in [3.05, 3.63) is 44.6 Å². The summed E-state index contributed by atoms with van der Waals surface area (Å²) in [6, 6.07) is 0.0914. The van der Waals surface area contributed by atoms with Crippen LogP contribution in [0.3, 0.4) is 0 Å². The van der Waals surface area contributed by atoms with E-state index in [-0.39, 0.29) is 6.04 Å². The van der Waals surface area contributed by atoms with Crippen molar-refractivity contribution in [3.63, 3.8) is 0 Å². The van der Waals surface area contributed by atoms with Gasteiger partial charge in [0.05, 0.1) is 23.6 Å². The Balaban J connectivity index is 2.37. The molecule has 3 nitrogen and oxygen atoms in total. The summed E-state index contributed by atoms with van der Waals surface area (Å²) in [5.74, 6) is 0. The van der Waals surface area contributed by atoms with E-state index in [0.29, 0.717) is 0 Å². The van der Waals surface area contributed by atoms with E-state index in [1.807, 2.05) is 20.2 Å². The van der Waals surface area contributed by atoms with Gasteiger partial charge in [0, 0.05) is 21.6 Å². The van der Waals surface area contributed by atoms with E-state index < -0.39 is 0 Å². The van der Waals surface area contributed by atoms with Crippen molar-refractivity contribution in [1.29, 1.82) is 0 Å². The highest BCUT2D eigenvalue weighted by molar-refractivity contribution is 9.10. The fourth-order valence-corrected chi connectivity index (χ4v) is 3.06. The number of hydrogen-bond donors (Lipinski definition) is 1. The topological polar surface area (TPSA) is 37.8 Å². The minimum Gasteiger partial charge on any atom is -0.308 e. The Morgan fingerprint density at radius 2 is 2.12 bits per heavy atom. The fraction of sp³-hybridized carbons (Fsp3) is 0.273. The maximum atomic E-state index is 4.41. The molecule has 5 heteroatoms. The highest BCUT2D eigenvalue weighted by Gasteiger charge is 2.17. The first-order chi connectivity index (χ1) is 7.72. The molecule has 0 saturated carbocycles. The molecule has 0 fully saturated rings. The van der Waals surface area contributed by atoms with Crippen LogP contribution in [0.5, 0.6) is 0 Å². The van der Waals surface area contributed by atoms with Gasteiger partial charge in [0.25, 0.3) is 0 Å². The molecule has 0 bridgehead atoms. The van der Waals surface area contributed by atoms with E-state index >= 15 is 0 Å². The summed E-state index contributed by atoms with van der Waals surface area (Å²) < 4.78 is 1.11. The van der Waals surface area contributed by atoms with Crippen molar-refractivity contribution in [2.45, 2.75) is 13.0 Å². The molecular formula is C11H12BrN3S. The zero-order valence-corrected chi connectivity index (χ0v) is 11.5. The lowest BCUT2D eigenvalue weighted by Crippen LogP contribution is -2.19. The summed E-state index contributed by atoms with van der Waals surface area (Å²) >= 11 is 5.21. The average Bonchev–Trinajstić information content (AvgIpc) is 2.69. The minimum absolute atomic E-state index is 0.0914. The number of halogens is 1. The number of aryl methyl sites for hydroxylation is 1. The van der Waals surface area contributed by atoms with Gasteiger partial charge in [-0.3, -0.25) is 9.97 Å². The highest BCUT2D eigenvalue weighted by atomic mass is 79.9. The van der Waals surface area contributed by atoms with Gasteiger partial charge in [-0.15, -0.1) is 0 Å². The Kier molecular flexibility index (Phi) is 3.68. The average molecular weight is 298 g/mol. The third-order valence-corrected chi connectivity index (χ3v) is 4.09. The van der Waals surface area contributed by atoms with Crippen LogP contribution >= 0.6 is 27.3 Å². The molecule has 2 aromatic heterocycles. The van der Waals surface area contributed by atoms with Gasteiger partial charge in [0.1, 0.15) is 0 Å². The molecule has 0 aliphatic rings. The van der Waals surface area contributed by atoms with Crippen LogP contribution in [0.4, 0.5) is 0 Å². The normalized spacial score (nSPS) is 12.7. The summed E-state index contributed by atoms with van der Waals surface area (Å²) in [5.41, 5.74) is 3.07. The third-order valence-electron chi connectivity index (χ3n) is 2.34. The predicted octanol–water partition coefficient (Wildman–Crippen LogP) is 2.92. The van der Waals surface area contributed by atoms with E-state index in [1.54, 1.807) is 17.5 Å². The molecule has 0 saturated heterocycles. The zero-order valence-electron chi connectivity index (χ0n) is 9.07. The van der Waals surface area contributed by atoms with Crippen LogP contribution in [0, 0.1) is 6.92 Å². The second-order valence-corrected chi connectivity index (χ2v) is 5.08. The van der Waals surface area contributed by atoms with Gasteiger partial charge in [0.15, 0.2) is 0 Å². The largest absolute Gasteiger partial charge is 0.308 e. The first-order valence-electron chi connectivity index (χ1n) is 4.89. The lowest BCUT2D eigenvalue weighted by molar-refractivity contribution is 0.665. The fourth-order valence-electron chi connectivity index (χ4n) is 1.51. The van der Waals surface area contributed by atoms with Gasteiger partial charge < -0.3 is 5.32 Å². The molecule has 0 radical (unpaired) electrons. The van der Waals surface area contributed by atoms with Crippen LogP contribution in [0.2, 0.25) is 0 Å². The molecule has 2 rings (SSSR count). The van der Waals surface area contributed by atoms with Gasteiger partial charge in [-0.2, -0.15) is 11.3 Å². The third kappa shape index (κ3) is 2.31. The Hall–Kier alpha value is -0.780. The van der Waals surface area contributed by atoms with Crippen molar-refractivity contribution in [2.24, 2.45) is 0 Å². The van der Waals surface area contributed by atoms with Crippen molar-refractivity contribution in [1.82, 2.24) is 15.3 Å². The number of thiophene rings is 1. The second-order valence-electron chi connectivity index (χ2n) is 3.48. The van der Waals surface area contributed by atoms with E-state index in [0.717, 1.165) is 15.9 Å². The Morgan fingerprint density at radius 1 is 1.31 bits per heavy atom. The van der Waals surface area contributed by atoms with E-state index in [4.69, 9.17) is 0 Å². The first kappa shape index (κ1) is 11.7. The number of nitrogens with one attached hydrogen (secondary N) is 1. The minimum atomic E-state index is 0.0914.